The monoisotopic (exact) mass is 277 g/mol. The van der Waals surface area contributed by atoms with Crippen LogP contribution in [0.3, 0.4) is 0 Å². The van der Waals surface area contributed by atoms with E-state index < -0.39 is 24.0 Å². The summed E-state index contributed by atoms with van der Waals surface area (Å²) in [5, 5.41) is 18.8. The fourth-order valence-electron chi connectivity index (χ4n) is 0.251. The van der Waals surface area contributed by atoms with Gasteiger partial charge in [-0.05, 0) is 0 Å². The Morgan fingerprint density at radius 2 is 1.58 bits per heavy atom. The van der Waals surface area contributed by atoms with Crippen molar-refractivity contribution in [1.82, 2.24) is 0 Å². The maximum atomic E-state index is 11.7. The van der Waals surface area contributed by atoms with Crippen LogP contribution in [0.1, 0.15) is 0 Å². The Kier molecular flexibility index (Phi) is 5.24. The molecule has 0 saturated heterocycles. The van der Waals surface area contributed by atoms with E-state index >= 15 is 0 Å². The molecule has 0 aliphatic rings. The van der Waals surface area contributed by atoms with Gasteiger partial charge in [-0.15, -0.1) is 0 Å². The van der Waals surface area contributed by atoms with Gasteiger partial charge in [0.1, 0.15) is 5.97 Å². The smallest absolute Gasteiger partial charge is 0.323 e. The SMILES string of the molecule is O=C([O-])C(F)C(F)(F)C(=O)[O-].[Ag]. The van der Waals surface area contributed by atoms with Crippen molar-refractivity contribution in [3.8, 4) is 0 Å². The van der Waals surface area contributed by atoms with Gasteiger partial charge in [0.05, 0.1) is 5.97 Å². The van der Waals surface area contributed by atoms with E-state index in [0.717, 1.165) is 0 Å². The Bertz CT molecular complexity index is 195. The van der Waals surface area contributed by atoms with E-state index in [1.54, 1.807) is 0 Å². The predicted molar refractivity (Wildman–Crippen MR) is 19.9 cm³/mol. The first-order valence-corrected chi connectivity index (χ1v) is 2.24. The number of rotatable bonds is 3. The zero-order valence-electron chi connectivity index (χ0n) is 5.15. The van der Waals surface area contributed by atoms with E-state index in [9.17, 15) is 33.0 Å². The minimum Gasteiger partial charge on any atom is -0.547 e. The Morgan fingerprint density at radius 1 is 1.25 bits per heavy atom. The minimum absolute atomic E-state index is 0. The normalized spacial score (nSPS) is 12.9. The maximum absolute atomic E-state index is 11.7. The summed E-state index contributed by atoms with van der Waals surface area (Å²) in [6.07, 6.45) is -3.88. The number of carbonyl (C=O) groups excluding carboxylic acids is 2. The molecule has 1 unspecified atom stereocenters. The van der Waals surface area contributed by atoms with Crippen LogP contribution < -0.4 is 10.2 Å². The van der Waals surface area contributed by atoms with Gasteiger partial charge in [-0.2, -0.15) is 8.78 Å². The van der Waals surface area contributed by atoms with Gasteiger partial charge in [-0.1, -0.05) is 0 Å². The molecule has 0 aliphatic heterocycles. The number of alkyl halides is 3. The second kappa shape index (κ2) is 4.48. The molecule has 0 heterocycles. The second-order valence-corrected chi connectivity index (χ2v) is 1.59. The Labute approximate surface area is 79.9 Å². The second-order valence-electron chi connectivity index (χ2n) is 1.59. The van der Waals surface area contributed by atoms with Crippen molar-refractivity contribution < 1.29 is 55.4 Å². The molecule has 0 aromatic rings. The molecule has 0 amide bonds. The first-order valence-electron chi connectivity index (χ1n) is 2.24. The number of carbonyl (C=O) groups is 2. The largest absolute Gasteiger partial charge is 0.547 e. The van der Waals surface area contributed by atoms with E-state index in [1.807, 2.05) is 0 Å². The van der Waals surface area contributed by atoms with Crippen LogP contribution in [0.4, 0.5) is 13.2 Å². The molecule has 0 N–H and O–H groups in total. The fraction of sp³-hybridized carbons (Fsp3) is 0.500. The van der Waals surface area contributed by atoms with Crippen LogP contribution in [0.15, 0.2) is 0 Å². The van der Waals surface area contributed by atoms with Crippen molar-refractivity contribution in [2.45, 2.75) is 12.1 Å². The van der Waals surface area contributed by atoms with E-state index in [4.69, 9.17) is 0 Å². The van der Waals surface area contributed by atoms with Crippen molar-refractivity contribution >= 4 is 11.9 Å². The number of carboxylic acids is 2. The Morgan fingerprint density at radius 3 is 1.67 bits per heavy atom. The van der Waals surface area contributed by atoms with Crippen molar-refractivity contribution in [2.75, 3.05) is 0 Å². The summed E-state index contributed by atoms with van der Waals surface area (Å²) in [6.45, 7) is 0. The number of halogens is 3. The number of hydrogen-bond donors (Lipinski definition) is 0. The van der Waals surface area contributed by atoms with E-state index in [-0.39, 0.29) is 22.4 Å². The van der Waals surface area contributed by atoms with Crippen LogP contribution in [0.2, 0.25) is 0 Å². The van der Waals surface area contributed by atoms with E-state index in [1.165, 1.54) is 0 Å². The molecule has 0 aromatic heterocycles. The molecule has 1 radical (unpaired) electrons. The third-order valence-corrected chi connectivity index (χ3v) is 0.797. The van der Waals surface area contributed by atoms with Crippen molar-refractivity contribution in [2.24, 2.45) is 0 Å². The van der Waals surface area contributed by atoms with Gasteiger partial charge in [-0.25, -0.2) is 4.39 Å². The molecule has 0 spiro atoms. The van der Waals surface area contributed by atoms with Crippen molar-refractivity contribution in [3.05, 3.63) is 0 Å². The van der Waals surface area contributed by atoms with Gasteiger partial charge in [0.25, 0.3) is 0 Å². The molecule has 0 aliphatic carbocycles. The van der Waals surface area contributed by atoms with Crippen molar-refractivity contribution in [1.29, 1.82) is 0 Å². The first kappa shape index (κ1) is 14.0. The Hall–Kier alpha value is -0.530. The topological polar surface area (TPSA) is 80.3 Å². The summed E-state index contributed by atoms with van der Waals surface area (Å²) in [6, 6.07) is 0. The van der Waals surface area contributed by atoms with Gasteiger partial charge in [0, 0.05) is 22.4 Å². The minimum atomic E-state index is -5.04. The molecule has 12 heavy (non-hydrogen) atoms. The van der Waals surface area contributed by atoms with Crippen LogP contribution in [0.5, 0.6) is 0 Å². The quantitative estimate of drug-likeness (QED) is 0.533. The Balaban J connectivity index is 0. The molecular formula is C4HAgF3O4-2. The first-order chi connectivity index (χ1) is 4.80. The average molecular weight is 278 g/mol. The molecular weight excluding hydrogens is 277 g/mol. The fourth-order valence-corrected chi connectivity index (χ4v) is 0.251. The third-order valence-electron chi connectivity index (χ3n) is 0.797. The molecule has 75 valence electrons. The van der Waals surface area contributed by atoms with Gasteiger partial charge in [-0.3, -0.25) is 0 Å². The van der Waals surface area contributed by atoms with Gasteiger partial charge in [0.2, 0.25) is 6.17 Å². The number of aliphatic carboxylic acids is 2. The summed E-state index contributed by atoms with van der Waals surface area (Å²) in [5.41, 5.74) is 0. The molecule has 0 rings (SSSR count). The molecule has 1 atom stereocenters. The van der Waals surface area contributed by atoms with Crippen LogP contribution in [-0.2, 0) is 32.0 Å². The van der Waals surface area contributed by atoms with E-state index in [2.05, 4.69) is 0 Å². The summed E-state index contributed by atoms with van der Waals surface area (Å²) < 4.78 is 35.2. The molecule has 0 fully saturated rings. The van der Waals surface area contributed by atoms with Crippen LogP contribution in [0.25, 0.3) is 0 Å². The van der Waals surface area contributed by atoms with E-state index in [0.29, 0.717) is 0 Å². The van der Waals surface area contributed by atoms with Crippen LogP contribution in [0, 0.1) is 0 Å². The van der Waals surface area contributed by atoms with Crippen LogP contribution >= 0.6 is 0 Å². The maximum Gasteiger partial charge on any atom is 0.323 e. The third kappa shape index (κ3) is 2.84. The summed E-state index contributed by atoms with van der Waals surface area (Å²) in [4.78, 5) is 18.8. The van der Waals surface area contributed by atoms with Gasteiger partial charge < -0.3 is 19.8 Å². The molecule has 8 heteroatoms. The molecule has 0 aromatic carbocycles. The standard InChI is InChI=1S/C4H3F3O4.Ag/c5-1(2(8)9)4(6,7)3(10)11;/h1H,(H,8,9)(H,10,11);/p-2. The van der Waals surface area contributed by atoms with Gasteiger partial charge in [0.15, 0.2) is 0 Å². The average Bonchev–Trinajstić information content (AvgIpc) is 1.85. The van der Waals surface area contributed by atoms with Crippen LogP contribution in [-0.4, -0.2) is 24.0 Å². The zero-order chi connectivity index (χ0) is 9.23. The number of carboxylic acid groups (broad SMARTS) is 2. The summed E-state index contributed by atoms with van der Waals surface area (Å²) in [7, 11) is 0. The van der Waals surface area contributed by atoms with Crippen molar-refractivity contribution in [3.63, 3.8) is 0 Å². The summed E-state index contributed by atoms with van der Waals surface area (Å²) >= 11 is 0. The predicted octanol–water partition coefficient (Wildman–Crippen LogP) is -2.54. The summed E-state index contributed by atoms with van der Waals surface area (Å²) in [5.74, 6) is -10.9. The molecule has 0 bridgehead atoms. The number of hydrogen-bond acceptors (Lipinski definition) is 4. The zero-order valence-corrected chi connectivity index (χ0v) is 6.63. The van der Waals surface area contributed by atoms with Gasteiger partial charge >= 0.3 is 5.92 Å². The molecule has 4 nitrogen and oxygen atoms in total. The molecule has 0 saturated carbocycles.